The second-order valence-corrected chi connectivity index (χ2v) is 3.88. The SMILES string of the molecule is COC(=O)c1cnc(CN(C(=O)O)C(=O)O)s1. The summed E-state index contributed by atoms with van der Waals surface area (Å²) in [6.07, 6.45) is -2.01. The standard InChI is InChI=1S/C8H8N2O6S/c1-16-6(11)4-2-9-5(17-4)3-10(7(12)13)8(14)15/h2H,3H2,1H3,(H,12,13)(H,14,15). The maximum absolute atomic E-state index is 11.1. The van der Waals surface area contributed by atoms with Crippen LogP contribution in [0.2, 0.25) is 0 Å². The Balaban J connectivity index is 2.81. The van der Waals surface area contributed by atoms with Gasteiger partial charge in [-0.1, -0.05) is 0 Å². The molecule has 1 aromatic rings. The molecule has 0 unspecified atom stereocenters. The van der Waals surface area contributed by atoms with E-state index in [0.717, 1.165) is 11.3 Å². The summed E-state index contributed by atoms with van der Waals surface area (Å²) in [5, 5.41) is 17.4. The van der Waals surface area contributed by atoms with E-state index in [1.807, 2.05) is 0 Å². The Kier molecular flexibility index (Phi) is 3.99. The van der Waals surface area contributed by atoms with Crippen LogP contribution in [-0.4, -0.2) is 45.4 Å². The van der Waals surface area contributed by atoms with Gasteiger partial charge in [0.1, 0.15) is 9.88 Å². The van der Waals surface area contributed by atoms with E-state index in [2.05, 4.69) is 9.72 Å². The number of carbonyl (C=O) groups excluding carboxylic acids is 1. The van der Waals surface area contributed by atoms with Crippen molar-refractivity contribution in [3.63, 3.8) is 0 Å². The molecular formula is C8H8N2O6S. The molecule has 8 nitrogen and oxygen atoms in total. The van der Waals surface area contributed by atoms with Crippen LogP contribution in [0.5, 0.6) is 0 Å². The van der Waals surface area contributed by atoms with Gasteiger partial charge in [0.25, 0.3) is 0 Å². The molecule has 92 valence electrons. The van der Waals surface area contributed by atoms with Crippen molar-refractivity contribution in [2.45, 2.75) is 6.54 Å². The van der Waals surface area contributed by atoms with Gasteiger partial charge in [0, 0.05) is 0 Å². The average molecular weight is 260 g/mol. The van der Waals surface area contributed by atoms with E-state index in [9.17, 15) is 14.4 Å². The molecule has 0 fully saturated rings. The van der Waals surface area contributed by atoms with Crippen LogP contribution in [0.4, 0.5) is 9.59 Å². The molecule has 17 heavy (non-hydrogen) atoms. The Labute approximate surface area is 99.1 Å². The van der Waals surface area contributed by atoms with E-state index < -0.39 is 24.7 Å². The molecule has 1 heterocycles. The lowest BCUT2D eigenvalue weighted by molar-refractivity contribution is 0.0605. The summed E-state index contributed by atoms with van der Waals surface area (Å²) in [4.78, 5) is 36.3. The number of aromatic nitrogens is 1. The van der Waals surface area contributed by atoms with Crippen LogP contribution in [0.3, 0.4) is 0 Å². The number of rotatable bonds is 3. The number of hydrogen-bond acceptors (Lipinski definition) is 6. The maximum Gasteiger partial charge on any atom is 0.417 e. The Morgan fingerprint density at radius 1 is 1.41 bits per heavy atom. The third-order valence-electron chi connectivity index (χ3n) is 1.70. The molecule has 0 saturated carbocycles. The molecule has 0 radical (unpaired) electrons. The fraction of sp³-hybridized carbons (Fsp3) is 0.250. The van der Waals surface area contributed by atoms with Crippen molar-refractivity contribution < 1.29 is 29.3 Å². The number of thiazole rings is 1. The van der Waals surface area contributed by atoms with Crippen molar-refractivity contribution in [3.8, 4) is 0 Å². The number of methoxy groups -OCH3 is 1. The molecule has 0 bridgehead atoms. The lowest BCUT2D eigenvalue weighted by Gasteiger charge is -2.10. The number of nitrogens with zero attached hydrogens (tertiary/aromatic N) is 2. The molecule has 9 heteroatoms. The fourth-order valence-corrected chi connectivity index (χ4v) is 1.76. The summed E-state index contributed by atoms with van der Waals surface area (Å²) in [6.45, 7) is -0.424. The third-order valence-corrected chi connectivity index (χ3v) is 2.66. The molecule has 1 rings (SSSR count). The normalized spacial score (nSPS) is 9.71. The highest BCUT2D eigenvalue weighted by Crippen LogP contribution is 2.16. The van der Waals surface area contributed by atoms with Crippen LogP contribution in [0.15, 0.2) is 6.20 Å². The topological polar surface area (TPSA) is 117 Å². The van der Waals surface area contributed by atoms with Gasteiger partial charge in [-0.25, -0.2) is 24.3 Å². The molecular weight excluding hydrogens is 252 g/mol. The van der Waals surface area contributed by atoms with Gasteiger partial charge in [-0.05, 0) is 0 Å². The maximum atomic E-state index is 11.1. The summed E-state index contributed by atoms with van der Waals surface area (Å²) in [7, 11) is 1.20. The van der Waals surface area contributed by atoms with Crippen LogP contribution in [0, 0.1) is 0 Å². The predicted molar refractivity (Wildman–Crippen MR) is 55.0 cm³/mol. The zero-order valence-electron chi connectivity index (χ0n) is 8.61. The monoisotopic (exact) mass is 260 g/mol. The van der Waals surface area contributed by atoms with Crippen molar-refractivity contribution in [2.75, 3.05) is 7.11 Å². The number of amides is 2. The Morgan fingerprint density at radius 3 is 2.47 bits per heavy atom. The Hall–Kier alpha value is -2.16. The fourth-order valence-electron chi connectivity index (χ4n) is 0.931. The first kappa shape index (κ1) is 12.9. The van der Waals surface area contributed by atoms with Crippen LogP contribution < -0.4 is 0 Å². The third kappa shape index (κ3) is 3.14. The average Bonchev–Trinajstić information content (AvgIpc) is 2.72. The smallest absolute Gasteiger partial charge is 0.417 e. The van der Waals surface area contributed by atoms with E-state index in [1.165, 1.54) is 13.3 Å². The summed E-state index contributed by atoms with van der Waals surface area (Å²) < 4.78 is 4.43. The molecule has 0 saturated heterocycles. The van der Waals surface area contributed by atoms with E-state index in [1.54, 1.807) is 0 Å². The molecule has 0 aliphatic heterocycles. The number of hydrogen-bond donors (Lipinski definition) is 2. The van der Waals surface area contributed by atoms with Crippen LogP contribution in [0.25, 0.3) is 0 Å². The summed E-state index contributed by atoms with van der Waals surface area (Å²) in [5.41, 5.74) is 0. The second-order valence-electron chi connectivity index (χ2n) is 2.76. The first-order chi connectivity index (χ1) is 7.95. The van der Waals surface area contributed by atoms with Crippen LogP contribution in [-0.2, 0) is 11.3 Å². The highest BCUT2D eigenvalue weighted by Gasteiger charge is 2.22. The lowest BCUT2D eigenvalue weighted by Crippen LogP contribution is -2.33. The van der Waals surface area contributed by atoms with Crippen LogP contribution in [0.1, 0.15) is 14.7 Å². The molecule has 1 aromatic heterocycles. The van der Waals surface area contributed by atoms with Gasteiger partial charge in [0.15, 0.2) is 0 Å². The highest BCUT2D eigenvalue weighted by atomic mass is 32.1. The van der Waals surface area contributed by atoms with E-state index >= 15 is 0 Å². The molecule has 0 aliphatic carbocycles. The van der Waals surface area contributed by atoms with Crippen molar-refractivity contribution >= 4 is 29.5 Å². The minimum absolute atomic E-state index is 0.167. The van der Waals surface area contributed by atoms with Gasteiger partial charge in [-0.15, -0.1) is 11.3 Å². The minimum atomic E-state index is -1.60. The van der Waals surface area contributed by atoms with Gasteiger partial charge in [-0.2, -0.15) is 0 Å². The van der Waals surface area contributed by atoms with Gasteiger partial charge >= 0.3 is 18.2 Å². The van der Waals surface area contributed by atoms with Crippen molar-refractivity contribution in [3.05, 3.63) is 16.1 Å². The van der Waals surface area contributed by atoms with Crippen molar-refractivity contribution in [2.24, 2.45) is 0 Å². The van der Waals surface area contributed by atoms with Gasteiger partial charge in [0.05, 0.1) is 19.9 Å². The first-order valence-corrected chi connectivity index (χ1v) is 5.03. The number of imide groups is 1. The zero-order chi connectivity index (χ0) is 13.0. The van der Waals surface area contributed by atoms with E-state index in [4.69, 9.17) is 10.2 Å². The number of esters is 1. The predicted octanol–water partition coefficient (Wildman–Crippen LogP) is 1.09. The Morgan fingerprint density at radius 2 is 2.00 bits per heavy atom. The van der Waals surface area contributed by atoms with Gasteiger partial charge < -0.3 is 14.9 Å². The Bertz CT molecular complexity index is 443. The summed E-state index contributed by atoms with van der Waals surface area (Å²) in [5.74, 6) is -0.606. The number of carboxylic acid groups (broad SMARTS) is 2. The largest absolute Gasteiger partial charge is 0.465 e. The number of carbonyl (C=O) groups is 3. The van der Waals surface area contributed by atoms with Crippen molar-refractivity contribution in [1.82, 2.24) is 9.88 Å². The minimum Gasteiger partial charge on any atom is -0.465 e. The van der Waals surface area contributed by atoms with E-state index in [-0.39, 0.29) is 14.8 Å². The number of ether oxygens (including phenoxy) is 1. The molecule has 0 aliphatic rings. The lowest BCUT2D eigenvalue weighted by atomic mass is 10.5. The summed E-state index contributed by atoms with van der Waals surface area (Å²) >= 11 is 0.875. The van der Waals surface area contributed by atoms with Gasteiger partial charge in [0.2, 0.25) is 0 Å². The van der Waals surface area contributed by atoms with Crippen molar-refractivity contribution in [1.29, 1.82) is 0 Å². The summed E-state index contributed by atoms with van der Waals surface area (Å²) in [6, 6.07) is 0. The van der Waals surface area contributed by atoms with E-state index in [0.29, 0.717) is 0 Å². The molecule has 2 amide bonds. The molecule has 0 aromatic carbocycles. The molecule has 0 atom stereocenters. The molecule has 2 N–H and O–H groups in total. The quantitative estimate of drug-likeness (QED) is 0.781. The highest BCUT2D eigenvalue weighted by molar-refractivity contribution is 7.13. The molecule has 0 spiro atoms. The second kappa shape index (κ2) is 5.25. The van der Waals surface area contributed by atoms with Crippen LogP contribution >= 0.6 is 11.3 Å². The van der Waals surface area contributed by atoms with Gasteiger partial charge in [-0.3, -0.25) is 0 Å². The zero-order valence-corrected chi connectivity index (χ0v) is 9.43. The first-order valence-electron chi connectivity index (χ1n) is 4.22.